The van der Waals surface area contributed by atoms with E-state index in [2.05, 4.69) is 33.8 Å². The van der Waals surface area contributed by atoms with E-state index in [0.29, 0.717) is 0 Å². The lowest BCUT2D eigenvalue weighted by Gasteiger charge is -2.23. The monoisotopic (exact) mass is 220 g/mol. The van der Waals surface area contributed by atoms with Gasteiger partial charge in [-0.1, -0.05) is 38.5 Å². The standard InChI is InChI=1S/C14H20O2/c1-10-6-7-13(16-9-11(2)15)12(8-10)14(3,4)5/h6-8H,9H2,1-5H3. The van der Waals surface area contributed by atoms with Crippen molar-refractivity contribution in [1.82, 2.24) is 0 Å². The van der Waals surface area contributed by atoms with Crippen LogP contribution in [0.4, 0.5) is 0 Å². The number of ketones is 1. The van der Waals surface area contributed by atoms with E-state index in [1.54, 1.807) is 0 Å². The summed E-state index contributed by atoms with van der Waals surface area (Å²) in [7, 11) is 0. The molecule has 0 aliphatic rings. The van der Waals surface area contributed by atoms with E-state index < -0.39 is 0 Å². The topological polar surface area (TPSA) is 26.3 Å². The second kappa shape index (κ2) is 4.69. The zero-order valence-electron chi connectivity index (χ0n) is 10.8. The number of rotatable bonds is 3. The number of Topliss-reactive ketones (excluding diaryl/α,β-unsaturated/α-hetero) is 1. The van der Waals surface area contributed by atoms with Crippen molar-refractivity contribution in [2.24, 2.45) is 0 Å². The number of aryl methyl sites for hydroxylation is 1. The Balaban J connectivity index is 3.03. The van der Waals surface area contributed by atoms with Crippen LogP contribution >= 0.6 is 0 Å². The molecule has 0 fully saturated rings. The molecule has 0 aromatic heterocycles. The Hall–Kier alpha value is -1.31. The molecule has 16 heavy (non-hydrogen) atoms. The van der Waals surface area contributed by atoms with Crippen LogP contribution < -0.4 is 4.74 Å². The normalized spacial score (nSPS) is 11.3. The highest BCUT2D eigenvalue weighted by Gasteiger charge is 2.19. The van der Waals surface area contributed by atoms with Crippen molar-refractivity contribution in [1.29, 1.82) is 0 Å². The molecule has 0 unspecified atom stereocenters. The molecule has 88 valence electrons. The summed E-state index contributed by atoms with van der Waals surface area (Å²) in [6, 6.07) is 6.07. The molecule has 0 saturated heterocycles. The lowest BCUT2D eigenvalue weighted by atomic mass is 9.85. The van der Waals surface area contributed by atoms with Crippen LogP contribution in [0.1, 0.15) is 38.8 Å². The van der Waals surface area contributed by atoms with E-state index in [1.807, 2.05) is 12.1 Å². The van der Waals surface area contributed by atoms with Gasteiger partial charge in [0.05, 0.1) is 0 Å². The van der Waals surface area contributed by atoms with Gasteiger partial charge in [0.25, 0.3) is 0 Å². The molecule has 1 rings (SSSR count). The third-order valence-electron chi connectivity index (χ3n) is 2.37. The smallest absolute Gasteiger partial charge is 0.167 e. The Morgan fingerprint density at radius 1 is 1.31 bits per heavy atom. The molecule has 1 aromatic rings. The van der Waals surface area contributed by atoms with Gasteiger partial charge in [0, 0.05) is 0 Å². The quantitative estimate of drug-likeness (QED) is 0.781. The first-order valence-electron chi connectivity index (χ1n) is 5.54. The second-order valence-corrected chi connectivity index (χ2v) is 5.24. The summed E-state index contributed by atoms with van der Waals surface area (Å²) in [5.74, 6) is 0.855. The van der Waals surface area contributed by atoms with E-state index in [9.17, 15) is 4.79 Å². The van der Waals surface area contributed by atoms with Crippen molar-refractivity contribution < 1.29 is 9.53 Å². The fraction of sp³-hybridized carbons (Fsp3) is 0.500. The van der Waals surface area contributed by atoms with Crippen molar-refractivity contribution in [3.8, 4) is 5.75 Å². The average Bonchev–Trinajstić information content (AvgIpc) is 2.14. The minimum atomic E-state index is 0.0259. The molecule has 2 heteroatoms. The average molecular weight is 220 g/mol. The van der Waals surface area contributed by atoms with Crippen LogP contribution in [-0.4, -0.2) is 12.4 Å². The molecule has 0 amide bonds. The molecule has 2 nitrogen and oxygen atoms in total. The molecule has 1 aromatic carbocycles. The van der Waals surface area contributed by atoms with Gasteiger partial charge in [0.1, 0.15) is 12.4 Å². The lowest BCUT2D eigenvalue weighted by molar-refractivity contribution is -0.118. The maximum atomic E-state index is 10.9. The third kappa shape index (κ3) is 3.37. The van der Waals surface area contributed by atoms with Crippen LogP contribution in [0.2, 0.25) is 0 Å². The van der Waals surface area contributed by atoms with Crippen LogP contribution in [0.5, 0.6) is 5.75 Å². The molecule has 0 radical (unpaired) electrons. The molecule has 0 aliphatic heterocycles. The Morgan fingerprint density at radius 3 is 2.44 bits per heavy atom. The molecule has 0 saturated carbocycles. The minimum absolute atomic E-state index is 0.0259. The Bertz CT molecular complexity index is 386. The van der Waals surface area contributed by atoms with Gasteiger partial charge in [-0.2, -0.15) is 0 Å². The highest BCUT2D eigenvalue weighted by Crippen LogP contribution is 2.32. The van der Waals surface area contributed by atoms with E-state index in [4.69, 9.17) is 4.74 Å². The molecular weight excluding hydrogens is 200 g/mol. The summed E-state index contributed by atoms with van der Waals surface area (Å²) in [6.45, 7) is 10.2. The predicted octanol–water partition coefficient (Wildman–Crippen LogP) is 3.26. The van der Waals surface area contributed by atoms with Crippen LogP contribution in [0.25, 0.3) is 0 Å². The minimum Gasteiger partial charge on any atom is -0.486 e. The van der Waals surface area contributed by atoms with Crippen molar-refractivity contribution in [2.45, 2.75) is 40.0 Å². The number of ether oxygens (including phenoxy) is 1. The maximum absolute atomic E-state index is 10.9. The van der Waals surface area contributed by atoms with E-state index in [0.717, 1.165) is 11.3 Å². The van der Waals surface area contributed by atoms with Gasteiger partial charge in [-0.3, -0.25) is 4.79 Å². The number of hydrogen-bond acceptors (Lipinski definition) is 2. The number of hydrogen-bond donors (Lipinski definition) is 0. The Labute approximate surface area is 97.6 Å². The van der Waals surface area contributed by atoms with Crippen molar-refractivity contribution in [2.75, 3.05) is 6.61 Å². The van der Waals surface area contributed by atoms with Crippen LogP contribution in [-0.2, 0) is 10.2 Å². The molecule has 0 heterocycles. The van der Waals surface area contributed by atoms with Gasteiger partial charge in [-0.05, 0) is 30.9 Å². The van der Waals surface area contributed by atoms with Crippen molar-refractivity contribution in [3.05, 3.63) is 29.3 Å². The summed E-state index contributed by atoms with van der Waals surface area (Å²) < 4.78 is 5.53. The molecule has 0 aliphatic carbocycles. The highest BCUT2D eigenvalue weighted by molar-refractivity contribution is 5.77. The fourth-order valence-corrected chi connectivity index (χ4v) is 1.54. The molecular formula is C14H20O2. The third-order valence-corrected chi connectivity index (χ3v) is 2.37. The first-order valence-corrected chi connectivity index (χ1v) is 5.54. The first kappa shape index (κ1) is 12.8. The first-order chi connectivity index (χ1) is 7.30. The summed E-state index contributed by atoms with van der Waals surface area (Å²) >= 11 is 0. The van der Waals surface area contributed by atoms with E-state index >= 15 is 0 Å². The number of carbonyl (C=O) groups is 1. The molecule has 0 spiro atoms. The highest BCUT2D eigenvalue weighted by atomic mass is 16.5. The maximum Gasteiger partial charge on any atom is 0.167 e. The van der Waals surface area contributed by atoms with Gasteiger partial charge in [-0.15, -0.1) is 0 Å². The molecule has 0 bridgehead atoms. The Morgan fingerprint density at radius 2 is 1.94 bits per heavy atom. The summed E-state index contributed by atoms with van der Waals surface area (Å²) in [5.41, 5.74) is 2.38. The number of carbonyl (C=O) groups excluding carboxylic acids is 1. The lowest BCUT2D eigenvalue weighted by Crippen LogP contribution is -2.15. The van der Waals surface area contributed by atoms with Gasteiger partial charge >= 0.3 is 0 Å². The predicted molar refractivity (Wildman–Crippen MR) is 66.1 cm³/mol. The largest absolute Gasteiger partial charge is 0.486 e. The summed E-state index contributed by atoms with van der Waals surface area (Å²) in [6.07, 6.45) is 0. The SMILES string of the molecule is CC(=O)COc1ccc(C)cc1C(C)(C)C. The molecule has 0 atom stereocenters. The van der Waals surface area contributed by atoms with Crippen LogP contribution in [0, 0.1) is 6.92 Å². The van der Waals surface area contributed by atoms with Gasteiger partial charge in [-0.25, -0.2) is 0 Å². The molecule has 0 N–H and O–H groups in total. The fourth-order valence-electron chi connectivity index (χ4n) is 1.54. The van der Waals surface area contributed by atoms with E-state index in [-0.39, 0.29) is 17.8 Å². The van der Waals surface area contributed by atoms with Crippen molar-refractivity contribution in [3.63, 3.8) is 0 Å². The van der Waals surface area contributed by atoms with Crippen LogP contribution in [0.15, 0.2) is 18.2 Å². The van der Waals surface area contributed by atoms with Gasteiger partial charge in [0.15, 0.2) is 5.78 Å². The van der Waals surface area contributed by atoms with Gasteiger partial charge < -0.3 is 4.74 Å². The zero-order valence-corrected chi connectivity index (χ0v) is 10.8. The summed E-state index contributed by atoms with van der Waals surface area (Å²) in [4.78, 5) is 10.9. The van der Waals surface area contributed by atoms with Crippen LogP contribution in [0.3, 0.4) is 0 Å². The summed E-state index contributed by atoms with van der Waals surface area (Å²) in [5, 5.41) is 0. The van der Waals surface area contributed by atoms with E-state index in [1.165, 1.54) is 12.5 Å². The second-order valence-electron chi connectivity index (χ2n) is 5.24. The zero-order chi connectivity index (χ0) is 12.3. The van der Waals surface area contributed by atoms with Crippen molar-refractivity contribution >= 4 is 5.78 Å². The van der Waals surface area contributed by atoms with Gasteiger partial charge in [0.2, 0.25) is 0 Å². The Kier molecular flexibility index (Phi) is 3.74. The number of benzene rings is 1.